The van der Waals surface area contributed by atoms with E-state index < -0.39 is 10.0 Å². The maximum atomic E-state index is 13.2. The van der Waals surface area contributed by atoms with Crippen molar-refractivity contribution >= 4 is 33.2 Å². The molecule has 0 aliphatic heterocycles. The van der Waals surface area contributed by atoms with Crippen molar-refractivity contribution in [2.24, 2.45) is 11.8 Å². The van der Waals surface area contributed by atoms with Gasteiger partial charge in [-0.15, -0.1) is 0 Å². The summed E-state index contributed by atoms with van der Waals surface area (Å²) < 4.78 is 27.6. The molecule has 2 saturated carbocycles. The van der Waals surface area contributed by atoms with Crippen molar-refractivity contribution < 1.29 is 13.2 Å². The minimum atomic E-state index is -3.90. The lowest BCUT2D eigenvalue weighted by atomic mass is 9.95. The third kappa shape index (κ3) is 3.89. The second-order valence-corrected chi connectivity index (χ2v) is 9.95. The van der Waals surface area contributed by atoms with Crippen LogP contribution in [-0.2, 0) is 14.8 Å². The molecule has 28 heavy (non-hydrogen) atoms. The molecule has 5 nitrogen and oxygen atoms in total. The van der Waals surface area contributed by atoms with Gasteiger partial charge in [0, 0.05) is 11.1 Å². The van der Waals surface area contributed by atoms with E-state index in [1.165, 1.54) is 25.0 Å². The highest BCUT2D eigenvalue weighted by Gasteiger charge is 2.40. The maximum absolute atomic E-state index is 13.2. The van der Waals surface area contributed by atoms with Gasteiger partial charge in [-0.3, -0.25) is 9.10 Å². The van der Waals surface area contributed by atoms with Crippen molar-refractivity contribution in [3.63, 3.8) is 0 Å². The Balaban J connectivity index is 1.59. The van der Waals surface area contributed by atoms with Crippen molar-refractivity contribution in [2.45, 2.75) is 36.6 Å². The number of sulfonamides is 1. The molecule has 1 amide bonds. The first kappa shape index (κ1) is 19.3. The number of nitrogens with zero attached hydrogens (tertiary/aromatic N) is 1. The van der Waals surface area contributed by atoms with Crippen LogP contribution < -0.4 is 9.62 Å². The van der Waals surface area contributed by atoms with Gasteiger partial charge in [0.1, 0.15) is 6.54 Å². The number of anilines is 1. The molecule has 2 aromatic rings. The molecule has 2 aromatic carbocycles. The highest BCUT2D eigenvalue weighted by Crippen LogP contribution is 2.44. The van der Waals surface area contributed by atoms with E-state index in [0.717, 1.165) is 17.1 Å². The summed E-state index contributed by atoms with van der Waals surface area (Å²) in [6.45, 7) is -0.272. The van der Waals surface area contributed by atoms with E-state index in [2.05, 4.69) is 5.32 Å². The zero-order valence-corrected chi connectivity index (χ0v) is 17.0. The van der Waals surface area contributed by atoms with Crippen LogP contribution in [0.4, 0.5) is 5.69 Å². The van der Waals surface area contributed by atoms with Crippen molar-refractivity contribution in [3.05, 3.63) is 59.6 Å². The molecule has 1 N–H and O–H groups in total. The highest BCUT2D eigenvalue weighted by molar-refractivity contribution is 7.92. The molecule has 0 spiro atoms. The molecule has 2 fully saturated rings. The Morgan fingerprint density at radius 2 is 1.86 bits per heavy atom. The molecule has 2 bridgehead atoms. The van der Waals surface area contributed by atoms with Crippen molar-refractivity contribution in [1.29, 1.82) is 0 Å². The molecule has 0 unspecified atom stereocenters. The fraction of sp³-hybridized carbons (Fsp3) is 0.381. The molecule has 2 aliphatic carbocycles. The van der Waals surface area contributed by atoms with Gasteiger partial charge in [0.25, 0.3) is 10.0 Å². The number of benzene rings is 2. The van der Waals surface area contributed by atoms with Crippen LogP contribution in [0.1, 0.15) is 25.7 Å². The lowest BCUT2D eigenvalue weighted by Gasteiger charge is -2.27. The van der Waals surface area contributed by atoms with Crippen LogP contribution in [0.3, 0.4) is 0 Å². The summed E-state index contributed by atoms with van der Waals surface area (Å²) in [7, 11) is -3.90. The number of carbonyl (C=O) groups excluding carboxylic acids is 1. The van der Waals surface area contributed by atoms with Crippen molar-refractivity contribution in [2.75, 3.05) is 10.8 Å². The Morgan fingerprint density at radius 1 is 1.07 bits per heavy atom. The van der Waals surface area contributed by atoms with Crippen molar-refractivity contribution in [3.8, 4) is 0 Å². The molecule has 4 rings (SSSR count). The van der Waals surface area contributed by atoms with Gasteiger partial charge in [-0.25, -0.2) is 8.42 Å². The van der Waals surface area contributed by atoms with Crippen LogP contribution in [-0.4, -0.2) is 26.9 Å². The Labute approximate surface area is 170 Å². The largest absolute Gasteiger partial charge is 0.352 e. The first-order chi connectivity index (χ1) is 13.4. The molecule has 3 atom stereocenters. The van der Waals surface area contributed by atoms with Crippen LogP contribution in [0.15, 0.2) is 59.5 Å². The van der Waals surface area contributed by atoms with Crippen LogP contribution in [0.2, 0.25) is 5.02 Å². The third-order valence-electron chi connectivity index (χ3n) is 5.80. The number of hydrogen-bond acceptors (Lipinski definition) is 3. The number of halogens is 1. The topological polar surface area (TPSA) is 66.5 Å². The van der Waals surface area contributed by atoms with E-state index in [4.69, 9.17) is 11.6 Å². The number of hydrogen-bond donors (Lipinski definition) is 1. The van der Waals surface area contributed by atoms with E-state index in [0.29, 0.717) is 22.5 Å². The molecule has 148 valence electrons. The Bertz CT molecular complexity index is 965. The first-order valence-electron chi connectivity index (χ1n) is 9.56. The van der Waals surface area contributed by atoms with Gasteiger partial charge < -0.3 is 5.32 Å². The number of carbonyl (C=O) groups is 1. The van der Waals surface area contributed by atoms with Gasteiger partial charge >= 0.3 is 0 Å². The Hall–Kier alpha value is -2.05. The smallest absolute Gasteiger partial charge is 0.264 e. The number of rotatable bonds is 6. The zero-order valence-electron chi connectivity index (χ0n) is 15.4. The summed E-state index contributed by atoms with van der Waals surface area (Å²) in [4.78, 5) is 12.9. The lowest BCUT2D eigenvalue weighted by Crippen LogP contribution is -2.46. The van der Waals surface area contributed by atoms with Gasteiger partial charge in [-0.1, -0.05) is 42.3 Å². The number of amides is 1. The summed E-state index contributed by atoms with van der Waals surface area (Å²) in [6.07, 6.45) is 4.56. The van der Waals surface area contributed by atoms with Gasteiger partial charge in [0.2, 0.25) is 5.91 Å². The zero-order chi connectivity index (χ0) is 19.7. The fourth-order valence-corrected chi connectivity index (χ4v) is 6.09. The van der Waals surface area contributed by atoms with Gasteiger partial charge in [-0.05, 0) is 61.4 Å². The summed E-state index contributed by atoms with van der Waals surface area (Å²) in [5.41, 5.74) is 0.374. The SMILES string of the molecule is O=C(CN(c1cccc(Cl)c1)S(=O)(=O)c1ccccc1)N[C@H]1C[C@H]2CC[C@H]1C2. The molecule has 2 aliphatic rings. The Kier molecular flexibility index (Phi) is 5.34. The average molecular weight is 419 g/mol. The molecule has 0 radical (unpaired) electrons. The molecular formula is C21H23ClN2O3S. The number of nitrogens with one attached hydrogen (secondary N) is 1. The van der Waals surface area contributed by atoms with E-state index in [-0.39, 0.29) is 23.4 Å². The fourth-order valence-electron chi connectivity index (χ4n) is 4.47. The second kappa shape index (κ2) is 7.76. The van der Waals surface area contributed by atoms with E-state index >= 15 is 0 Å². The molecule has 0 heterocycles. The predicted octanol–water partition coefficient (Wildman–Crippen LogP) is 3.84. The standard InChI is InChI=1S/C21H23ClN2O3S/c22-17-5-4-6-18(13-17)24(28(26,27)19-7-2-1-3-8-19)14-21(25)23-20-12-15-9-10-16(20)11-15/h1-8,13,15-16,20H,9-12,14H2,(H,23,25)/t15-,16-,20-/m0/s1. The summed E-state index contributed by atoms with van der Waals surface area (Å²) in [5, 5.41) is 3.49. The Morgan fingerprint density at radius 3 is 2.50 bits per heavy atom. The van der Waals surface area contributed by atoms with Gasteiger partial charge in [-0.2, -0.15) is 0 Å². The van der Waals surface area contributed by atoms with Crippen LogP contribution in [0.5, 0.6) is 0 Å². The molecule has 0 saturated heterocycles. The van der Waals surface area contributed by atoms with Gasteiger partial charge in [0.15, 0.2) is 0 Å². The monoisotopic (exact) mass is 418 g/mol. The minimum absolute atomic E-state index is 0.141. The molecule has 7 heteroatoms. The summed E-state index contributed by atoms with van der Waals surface area (Å²) in [5.74, 6) is 0.948. The van der Waals surface area contributed by atoms with Crippen LogP contribution in [0.25, 0.3) is 0 Å². The van der Waals surface area contributed by atoms with Crippen LogP contribution in [0, 0.1) is 11.8 Å². The average Bonchev–Trinajstić information content (AvgIpc) is 3.30. The first-order valence-corrected chi connectivity index (χ1v) is 11.4. The summed E-state index contributed by atoms with van der Waals surface area (Å²) in [6, 6.07) is 14.9. The predicted molar refractivity (Wildman–Crippen MR) is 110 cm³/mol. The van der Waals surface area contributed by atoms with E-state index in [1.807, 2.05) is 0 Å². The molecule has 0 aromatic heterocycles. The highest BCUT2D eigenvalue weighted by atomic mass is 35.5. The van der Waals surface area contributed by atoms with E-state index in [1.54, 1.807) is 42.5 Å². The van der Waals surface area contributed by atoms with Crippen molar-refractivity contribution in [1.82, 2.24) is 5.32 Å². The third-order valence-corrected chi connectivity index (χ3v) is 7.82. The quantitative estimate of drug-likeness (QED) is 0.775. The molecular weight excluding hydrogens is 396 g/mol. The van der Waals surface area contributed by atoms with Crippen LogP contribution >= 0.6 is 11.6 Å². The lowest BCUT2D eigenvalue weighted by molar-refractivity contribution is -0.120. The normalized spacial score (nSPS) is 23.5. The minimum Gasteiger partial charge on any atom is -0.352 e. The second-order valence-electron chi connectivity index (χ2n) is 7.65. The van der Waals surface area contributed by atoms with Gasteiger partial charge in [0.05, 0.1) is 10.6 Å². The summed E-state index contributed by atoms with van der Waals surface area (Å²) >= 11 is 6.08. The number of fused-ring (bicyclic) bond motifs is 2. The van der Waals surface area contributed by atoms with E-state index in [9.17, 15) is 13.2 Å². The maximum Gasteiger partial charge on any atom is 0.264 e.